The quantitative estimate of drug-likeness (QED) is 0.432. The molecule has 1 aliphatic heterocycles. The normalized spacial score (nSPS) is 13.7. The van der Waals surface area contributed by atoms with Crippen molar-refractivity contribution in [2.75, 3.05) is 54.2 Å². The van der Waals surface area contributed by atoms with E-state index in [0.717, 1.165) is 37.7 Å². The first-order valence-corrected chi connectivity index (χ1v) is 11.2. The Balaban J connectivity index is 1.30. The highest BCUT2D eigenvalue weighted by atomic mass is 32.2. The molecule has 1 aliphatic rings. The Morgan fingerprint density at radius 2 is 1.78 bits per heavy atom. The minimum absolute atomic E-state index is 0.135. The second kappa shape index (κ2) is 10.3. The molecule has 166 valence electrons. The smallest absolute Gasteiger partial charge is 0.234 e. The van der Waals surface area contributed by atoms with Gasteiger partial charge in [-0.3, -0.25) is 4.79 Å². The van der Waals surface area contributed by atoms with Crippen molar-refractivity contribution < 1.29 is 13.9 Å². The number of ether oxygens (including phenoxy) is 1. The first-order valence-electron chi connectivity index (χ1n) is 10.3. The Morgan fingerprint density at radius 3 is 2.50 bits per heavy atom. The third-order valence-electron chi connectivity index (χ3n) is 5.17. The first-order chi connectivity index (χ1) is 15.6. The van der Waals surface area contributed by atoms with Crippen molar-refractivity contribution in [1.82, 2.24) is 9.97 Å². The molecule has 1 N–H and O–H groups in total. The highest BCUT2D eigenvalue weighted by Gasteiger charge is 2.19. The third kappa shape index (κ3) is 5.47. The maximum absolute atomic E-state index is 13.7. The van der Waals surface area contributed by atoms with E-state index in [1.807, 2.05) is 18.2 Å². The number of nitrogens with one attached hydrogen (secondary N) is 1. The van der Waals surface area contributed by atoms with Gasteiger partial charge in [-0.25, -0.2) is 14.4 Å². The van der Waals surface area contributed by atoms with Gasteiger partial charge in [0.2, 0.25) is 5.91 Å². The van der Waals surface area contributed by atoms with E-state index in [9.17, 15) is 9.18 Å². The molecule has 1 aromatic heterocycles. The zero-order valence-electron chi connectivity index (χ0n) is 17.7. The molecule has 2 aromatic carbocycles. The minimum atomic E-state index is -0.455. The van der Waals surface area contributed by atoms with Crippen LogP contribution in [0, 0.1) is 5.82 Å². The number of hydrogen-bond donors (Lipinski definition) is 1. The number of carbonyl (C=O) groups is 1. The van der Waals surface area contributed by atoms with Gasteiger partial charge in [0.15, 0.2) is 0 Å². The lowest BCUT2D eigenvalue weighted by atomic mass is 10.2. The Kier molecular flexibility index (Phi) is 7.06. The Hall–Kier alpha value is -3.33. The molecule has 3 aromatic rings. The highest BCUT2D eigenvalue weighted by molar-refractivity contribution is 7.99. The summed E-state index contributed by atoms with van der Waals surface area (Å²) in [6, 6.07) is 16.1. The number of carbonyl (C=O) groups excluding carboxylic acids is 1. The zero-order chi connectivity index (χ0) is 22.3. The monoisotopic (exact) mass is 453 g/mol. The van der Waals surface area contributed by atoms with Crippen molar-refractivity contribution >= 4 is 34.9 Å². The van der Waals surface area contributed by atoms with Crippen molar-refractivity contribution in [2.45, 2.75) is 5.03 Å². The summed E-state index contributed by atoms with van der Waals surface area (Å²) in [6.45, 7) is 3.43. The molecule has 1 amide bonds. The van der Waals surface area contributed by atoms with Crippen LogP contribution in [0.15, 0.2) is 66.0 Å². The van der Waals surface area contributed by atoms with Gasteiger partial charge in [0.1, 0.15) is 28.7 Å². The third-order valence-corrected chi connectivity index (χ3v) is 6.09. The van der Waals surface area contributed by atoms with Crippen LogP contribution in [0.4, 0.5) is 21.6 Å². The largest absolute Gasteiger partial charge is 0.497 e. The number of hydrogen-bond acceptors (Lipinski definition) is 7. The number of piperazine rings is 1. The lowest BCUT2D eigenvalue weighted by Gasteiger charge is -2.36. The lowest BCUT2D eigenvalue weighted by molar-refractivity contribution is -0.113. The second-order valence-electron chi connectivity index (χ2n) is 7.20. The van der Waals surface area contributed by atoms with Gasteiger partial charge in [-0.2, -0.15) is 0 Å². The molecule has 0 unspecified atom stereocenters. The number of anilines is 3. The molecule has 4 rings (SSSR count). The van der Waals surface area contributed by atoms with Gasteiger partial charge in [-0.15, -0.1) is 0 Å². The highest BCUT2D eigenvalue weighted by Crippen LogP contribution is 2.24. The van der Waals surface area contributed by atoms with Crippen molar-refractivity contribution in [3.63, 3.8) is 0 Å². The van der Waals surface area contributed by atoms with E-state index in [2.05, 4.69) is 37.2 Å². The van der Waals surface area contributed by atoms with E-state index in [1.165, 1.54) is 35.9 Å². The number of methoxy groups -OCH3 is 1. The number of aromatic nitrogens is 2. The lowest BCUT2D eigenvalue weighted by Crippen LogP contribution is -2.46. The van der Waals surface area contributed by atoms with E-state index in [1.54, 1.807) is 19.2 Å². The van der Waals surface area contributed by atoms with Crippen molar-refractivity contribution in [3.8, 4) is 5.75 Å². The topological polar surface area (TPSA) is 70.6 Å². The molecule has 9 heteroatoms. The summed E-state index contributed by atoms with van der Waals surface area (Å²) in [6.07, 6.45) is 1.52. The summed E-state index contributed by atoms with van der Waals surface area (Å²) in [5.41, 5.74) is 1.35. The molecule has 2 heterocycles. The molecular formula is C23H24FN5O2S. The number of rotatable bonds is 7. The summed E-state index contributed by atoms with van der Waals surface area (Å²) in [4.78, 5) is 25.4. The maximum Gasteiger partial charge on any atom is 0.234 e. The minimum Gasteiger partial charge on any atom is -0.497 e. The Bertz CT molecular complexity index is 1060. The summed E-state index contributed by atoms with van der Waals surface area (Å²) >= 11 is 1.30. The fourth-order valence-electron chi connectivity index (χ4n) is 3.46. The summed E-state index contributed by atoms with van der Waals surface area (Å²) in [5.74, 6) is 1.08. The van der Waals surface area contributed by atoms with Gasteiger partial charge in [0, 0.05) is 37.9 Å². The van der Waals surface area contributed by atoms with Crippen LogP contribution in [0.3, 0.4) is 0 Å². The molecule has 1 saturated heterocycles. The first kappa shape index (κ1) is 21.9. The molecule has 0 radical (unpaired) electrons. The second-order valence-corrected chi connectivity index (χ2v) is 8.20. The van der Waals surface area contributed by atoms with Crippen LogP contribution >= 0.6 is 11.8 Å². The van der Waals surface area contributed by atoms with Crippen LogP contribution in [-0.4, -0.2) is 54.9 Å². The molecule has 32 heavy (non-hydrogen) atoms. The maximum atomic E-state index is 13.7. The van der Waals surface area contributed by atoms with Gasteiger partial charge in [-0.1, -0.05) is 23.9 Å². The number of nitrogens with zero attached hydrogens (tertiary/aromatic N) is 4. The van der Waals surface area contributed by atoms with Crippen LogP contribution in [-0.2, 0) is 4.79 Å². The van der Waals surface area contributed by atoms with Crippen LogP contribution in [0.1, 0.15) is 0 Å². The van der Waals surface area contributed by atoms with E-state index >= 15 is 0 Å². The van der Waals surface area contributed by atoms with Gasteiger partial charge in [-0.05, 0) is 36.4 Å². The predicted octanol–water partition coefficient (Wildman–Crippen LogP) is 3.68. The van der Waals surface area contributed by atoms with Crippen LogP contribution in [0.5, 0.6) is 5.75 Å². The molecule has 1 fully saturated rings. The van der Waals surface area contributed by atoms with Crippen molar-refractivity contribution in [3.05, 3.63) is 66.7 Å². The standard InChI is InChI=1S/C23H24FN5O2S/c1-31-18-8-6-17(7-9-18)28-10-12-29(13-11-28)21-14-23(26-16-25-21)32-15-22(30)27-20-5-3-2-4-19(20)24/h2-9,14,16H,10-13,15H2,1H3,(H,27,30). The number of thioether (sulfide) groups is 1. The van der Waals surface area contributed by atoms with Crippen molar-refractivity contribution in [1.29, 1.82) is 0 Å². The van der Waals surface area contributed by atoms with Gasteiger partial charge >= 0.3 is 0 Å². The van der Waals surface area contributed by atoms with Crippen LogP contribution in [0.25, 0.3) is 0 Å². The Labute approximate surface area is 190 Å². The van der Waals surface area contributed by atoms with E-state index < -0.39 is 5.82 Å². The SMILES string of the molecule is COc1ccc(N2CCN(c3cc(SCC(=O)Nc4ccccc4F)ncn3)CC2)cc1. The van der Waals surface area contributed by atoms with Gasteiger partial charge in [0.25, 0.3) is 0 Å². The van der Waals surface area contributed by atoms with Crippen LogP contribution < -0.4 is 19.9 Å². The van der Waals surface area contributed by atoms with E-state index in [0.29, 0.717) is 5.03 Å². The molecule has 7 nitrogen and oxygen atoms in total. The fraction of sp³-hybridized carbons (Fsp3) is 0.261. The summed E-state index contributed by atoms with van der Waals surface area (Å²) in [7, 11) is 1.66. The predicted molar refractivity (Wildman–Crippen MR) is 125 cm³/mol. The number of para-hydroxylation sites is 1. The number of halogens is 1. The van der Waals surface area contributed by atoms with Gasteiger partial charge in [0.05, 0.1) is 18.6 Å². The molecule has 0 atom stereocenters. The molecular weight excluding hydrogens is 429 g/mol. The number of benzene rings is 2. The average Bonchev–Trinajstić information content (AvgIpc) is 2.84. The fourth-order valence-corrected chi connectivity index (χ4v) is 4.12. The summed E-state index contributed by atoms with van der Waals surface area (Å²) in [5, 5.41) is 3.29. The molecule has 0 saturated carbocycles. The Morgan fingerprint density at radius 1 is 1.06 bits per heavy atom. The van der Waals surface area contributed by atoms with Crippen molar-refractivity contribution in [2.24, 2.45) is 0 Å². The number of amides is 1. The van der Waals surface area contributed by atoms with Crippen LogP contribution in [0.2, 0.25) is 0 Å². The molecule has 0 bridgehead atoms. The summed E-state index contributed by atoms with van der Waals surface area (Å²) < 4.78 is 18.9. The average molecular weight is 454 g/mol. The van der Waals surface area contributed by atoms with E-state index in [-0.39, 0.29) is 17.3 Å². The van der Waals surface area contributed by atoms with E-state index in [4.69, 9.17) is 4.74 Å². The zero-order valence-corrected chi connectivity index (χ0v) is 18.5. The molecule has 0 aliphatic carbocycles. The van der Waals surface area contributed by atoms with Gasteiger partial charge < -0.3 is 19.9 Å². The molecule has 0 spiro atoms.